The fraction of sp³-hybridized carbons (Fsp3) is 0.500. The summed E-state index contributed by atoms with van der Waals surface area (Å²) in [5.41, 5.74) is 4.94. The zero-order chi connectivity index (χ0) is 12.2. The number of rotatable bonds is 4. The molecule has 0 saturated heterocycles. The van der Waals surface area contributed by atoms with Crippen molar-refractivity contribution in [3.63, 3.8) is 0 Å². The third kappa shape index (κ3) is 3.43. The standard InChI is InChI=1S/C10H15ClN4O/c1-3-5-10(2,12)8(16)15-9-13-6-4-7(11)14-9/h4,6H,3,5,12H2,1-2H3,(H,13,14,15,16). The molecule has 1 amide bonds. The van der Waals surface area contributed by atoms with Crippen LogP contribution in [0.4, 0.5) is 5.95 Å². The van der Waals surface area contributed by atoms with Gasteiger partial charge in [0, 0.05) is 6.20 Å². The molecular formula is C10H15ClN4O. The Balaban J connectivity index is 2.71. The maximum Gasteiger partial charge on any atom is 0.246 e. The average Bonchev–Trinajstić information content (AvgIpc) is 2.17. The molecule has 1 aromatic rings. The zero-order valence-corrected chi connectivity index (χ0v) is 10.1. The lowest BCUT2D eigenvalue weighted by molar-refractivity contribution is -0.120. The minimum atomic E-state index is -0.916. The van der Waals surface area contributed by atoms with E-state index >= 15 is 0 Å². The molecule has 0 aromatic carbocycles. The summed E-state index contributed by atoms with van der Waals surface area (Å²) >= 11 is 5.67. The monoisotopic (exact) mass is 242 g/mol. The quantitative estimate of drug-likeness (QED) is 0.786. The number of hydrogen-bond donors (Lipinski definition) is 2. The van der Waals surface area contributed by atoms with Crippen LogP contribution in [0.5, 0.6) is 0 Å². The first-order chi connectivity index (χ1) is 7.45. The van der Waals surface area contributed by atoms with E-state index in [9.17, 15) is 4.79 Å². The van der Waals surface area contributed by atoms with Crippen LogP contribution in [-0.2, 0) is 4.79 Å². The molecule has 0 saturated carbocycles. The Morgan fingerprint density at radius 1 is 1.69 bits per heavy atom. The van der Waals surface area contributed by atoms with E-state index in [0.29, 0.717) is 6.42 Å². The highest BCUT2D eigenvalue weighted by atomic mass is 35.5. The van der Waals surface area contributed by atoms with Gasteiger partial charge in [-0.3, -0.25) is 10.1 Å². The lowest BCUT2D eigenvalue weighted by atomic mass is 9.97. The molecule has 0 radical (unpaired) electrons. The van der Waals surface area contributed by atoms with Crippen molar-refractivity contribution >= 4 is 23.5 Å². The molecular weight excluding hydrogens is 228 g/mol. The molecule has 0 aliphatic rings. The Kier molecular flexibility index (Phi) is 4.20. The van der Waals surface area contributed by atoms with Crippen molar-refractivity contribution in [1.82, 2.24) is 9.97 Å². The summed E-state index contributed by atoms with van der Waals surface area (Å²) in [6.07, 6.45) is 2.90. The number of amides is 1. The smallest absolute Gasteiger partial charge is 0.246 e. The molecule has 0 aliphatic carbocycles. The molecule has 6 heteroatoms. The van der Waals surface area contributed by atoms with Crippen molar-refractivity contribution < 1.29 is 4.79 Å². The van der Waals surface area contributed by atoms with Gasteiger partial charge in [0.15, 0.2) is 0 Å². The minimum Gasteiger partial charge on any atom is -0.318 e. The Hall–Kier alpha value is -1.20. The van der Waals surface area contributed by atoms with Gasteiger partial charge >= 0.3 is 0 Å². The van der Waals surface area contributed by atoms with E-state index in [-0.39, 0.29) is 17.0 Å². The molecule has 16 heavy (non-hydrogen) atoms. The predicted octanol–water partition coefficient (Wildman–Crippen LogP) is 1.59. The van der Waals surface area contributed by atoms with Crippen molar-refractivity contribution in [3.8, 4) is 0 Å². The van der Waals surface area contributed by atoms with Gasteiger partial charge in [0.25, 0.3) is 0 Å². The van der Waals surface area contributed by atoms with Crippen LogP contribution in [0.15, 0.2) is 12.3 Å². The van der Waals surface area contributed by atoms with E-state index in [2.05, 4.69) is 15.3 Å². The van der Waals surface area contributed by atoms with Crippen LogP contribution in [0.1, 0.15) is 26.7 Å². The van der Waals surface area contributed by atoms with Crippen molar-refractivity contribution in [2.45, 2.75) is 32.2 Å². The minimum absolute atomic E-state index is 0.172. The highest BCUT2D eigenvalue weighted by Gasteiger charge is 2.27. The zero-order valence-electron chi connectivity index (χ0n) is 9.33. The Bertz CT molecular complexity index is 381. The maximum absolute atomic E-state index is 11.8. The summed E-state index contributed by atoms with van der Waals surface area (Å²) in [7, 11) is 0. The van der Waals surface area contributed by atoms with E-state index in [4.69, 9.17) is 17.3 Å². The van der Waals surface area contributed by atoms with Gasteiger partial charge in [0.2, 0.25) is 11.9 Å². The first kappa shape index (κ1) is 12.9. The summed E-state index contributed by atoms with van der Waals surface area (Å²) in [6, 6.07) is 1.53. The molecule has 1 heterocycles. The van der Waals surface area contributed by atoms with Crippen molar-refractivity contribution in [2.75, 3.05) is 5.32 Å². The molecule has 0 spiro atoms. The third-order valence-electron chi connectivity index (χ3n) is 2.13. The SMILES string of the molecule is CCCC(C)(N)C(=O)Nc1nccc(Cl)n1. The van der Waals surface area contributed by atoms with Crippen molar-refractivity contribution in [3.05, 3.63) is 17.4 Å². The number of hydrogen-bond acceptors (Lipinski definition) is 4. The third-order valence-corrected chi connectivity index (χ3v) is 2.35. The number of nitrogens with zero attached hydrogens (tertiary/aromatic N) is 2. The van der Waals surface area contributed by atoms with E-state index in [0.717, 1.165) is 6.42 Å². The predicted molar refractivity (Wildman–Crippen MR) is 63.2 cm³/mol. The van der Waals surface area contributed by atoms with Crippen LogP contribution in [0, 0.1) is 0 Å². The molecule has 0 aliphatic heterocycles. The van der Waals surface area contributed by atoms with Crippen molar-refractivity contribution in [2.24, 2.45) is 5.73 Å². The van der Waals surface area contributed by atoms with Gasteiger partial charge in [0.05, 0.1) is 5.54 Å². The number of anilines is 1. The second-order valence-corrected chi connectivity index (χ2v) is 4.21. The second kappa shape index (κ2) is 5.23. The first-order valence-corrected chi connectivity index (χ1v) is 5.42. The lowest BCUT2D eigenvalue weighted by Gasteiger charge is -2.21. The highest BCUT2D eigenvalue weighted by Crippen LogP contribution is 2.12. The van der Waals surface area contributed by atoms with Gasteiger partial charge in [-0.15, -0.1) is 0 Å². The van der Waals surface area contributed by atoms with Gasteiger partial charge in [0.1, 0.15) is 5.15 Å². The summed E-state index contributed by atoms with van der Waals surface area (Å²) in [6.45, 7) is 3.64. The van der Waals surface area contributed by atoms with Gasteiger partial charge in [-0.2, -0.15) is 0 Å². The van der Waals surface area contributed by atoms with Crippen molar-refractivity contribution in [1.29, 1.82) is 0 Å². The summed E-state index contributed by atoms with van der Waals surface area (Å²) in [5.74, 6) is -0.137. The topological polar surface area (TPSA) is 80.9 Å². The lowest BCUT2D eigenvalue weighted by Crippen LogP contribution is -2.48. The number of carbonyl (C=O) groups is 1. The molecule has 0 fully saturated rings. The number of carbonyl (C=O) groups excluding carboxylic acids is 1. The number of nitrogens with two attached hydrogens (primary N) is 1. The Morgan fingerprint density at radius 2 is 2.38 bits per heavy atom. The van der Waals surface area contributed by atoms with Crippen LogP contribution in [0.2, 0.25) is 5.15 Å². The summed E-state index contributed by atoms with van der Waals surface area (Å²) in [5, 5.41) is 2.81. The summed E-state index contributed by atoms with van der Waals surface area (Å²) < 4.78 is 0. The largest absolute Gasteiger partial charge is 0.318 e. The Labute approximate surface area is 99.4 Å². The van der Waals surface area contributed by atoms with E-state index in [1.165, 1.54) is 12.3 Å². The van der Waals surface area contributed by atoms with E-state index in [1.807, 2.05) is 6.92 Å². The van der Waals surface area contributed by atoms with Crippen LogP contribution >= 0.6 is 11.6 Å². The van der Waals surface area contributed by atoms with Gasteiger partial charge in [-0.05, 0) is 19.4 Å². The van der Waals surface area contributed by atoms with E-state index in [1.54, 1.807) is 6.92 Å². The van der Waals surface area contributed by atoms with E-state index < -0.39 is 5.54 Å². The van der Waals surface area contributed by atoms with Gasteiger partial charge in [-0.25, -0.2) is 9.97 Å². The molecule has 1 unspecified atom stereocenters. The normalized spacial score (nSPS) is 14.2. The molecule has 1 rings (SSSR count). The van der Waals surface area contributed by atoms with Crippen LogP contribution in [0.25, 0.3) is 0 Å². The maximum atomic E-state index is 11.8. The second-order valence-electron chi connectivity index (χ2n) is 3.82. The molecule has 1 atom stereocenters. The van der Waals surface area contributed by atoms with Crippen LogP contribution in [-0.4, -0.2) is 21.4 Å². The van der Waals surface area contributed by atoms with Crippen LogP contribution in [0.3, 0.4) is 0 Å². The molecule has 5 nitrogen and oxygen atoms in total. The van der Waals surface area contributed by atoms with Gasteiger partial charge in [-0.1, -0.05) is 24.9 Å². The molecule has 0 bridgehead atoms. The highest BCUT2D eigenvalue weighted by molar-refractivity contribution is 6.29. The fourth-order valence-electron chi connectivity index (χ4n) is 1.27. The average molecular weight is 243 g/mol. The molecule has 1 aromatic heterocycles. The van der Waals surface area contributed by atoms with Crippen LogP contribution < -0.4 is 11.1 Å². The molecule has 88 valence electrons. The summed E-state index contributed by atoms with van der Waals surface area (Å²) in [4.78, 5) is 19.5. The number of aromatic nitrogens is 2. The number of halogens is 1. The Morgan fingerprint density at radius 3 is 2.94 bits per heavy atom. The van der Waals surface area contributed by atoms with Gasteiger partial charge < -0.3 is 5.73 Å². The molecule has 3 N–H and O–H groups in total. The fourth-order valence-corrected chi connectivity index (χ4v) is 1.41. The first-order valence-electron chi connectivity index (χ1n) is 5.04. The number of nitrogens with one attached hydrogen (secondary N) is 1.